The SMILES string of the molecule is CCC1(CNC(=O)N2CCC(C)CC2C(=O)O)CCCC1. The van der Waals surface area contributed by atoms with E-state index in [0.29, 0.717) is 25.4 Å². The molecule has 0 aromatic carbocycles. The Morgan fingerprint density at radius 2 is 2.00 bits per heavy atom. The van der Waals surface area contributed by atoms with Gasteiger partial charge in [-0.15, -0.1) is 0 Å². The molecule has 0 bridgehead atoms. The maximum atomic E-state index is 12.4. The third-order valence-corrected chi connectivity index (χ3v) is 5.44. The second kappa shape index (κ2) is 6.67. The van der Waals surface area contributed by atoms with Crippen LogP contribution in [0.25, 0.3) is 0 Å². The number of hydrogen-bond acceptors (Lipinski definition) is 2. The van der Waals surface area contributed by atoms with Gasteiger partial charge in [-0.1, -0.05) is 26.7 Å². The Morgan fingerprint density at radius 3 is 2.57 bits per heavy atom. The molecular formula is C16H28N2O3. The fraction of sp³-hybridized carbons (Fsp3) is 0.875. The van der Waals surface area contributed by atoms with Crippen molar-refractivity contribution in [1.82, 2.24) is 10.2 Å². The number of aliphatic carboxylic acids is 1. The number of carboxylic acid groups (broad SMARTS) is 1. The summed E-state index contributed by atoms with van der Waals surface area (Å²) in [6, 6.07) is -0.871. The second-order valence-electron chi connectivity index (χ2n) is 6.90. The van der Waals surface area contributed by atoms with Gasteiger partial charge in [0.1, 0.15) is 6.04 Å². The van der Waals surface area contributed by atoms with Crippen LogP contribution < -0.4 is 5.32 Å². The van der Waals surface area contributed by atoms with Crippen molar-refractivity contribution in [2.75, 3.05) is 13.1 Å². The molecule has 21 heavy (non-hydrogen) atoms. The highest BCUT2D eigenvalue weighted by Gasteiger charge is 2.37. The Balaban J connectivity index is 1.93. The van der Waals surface area contributed by atoms with Crippen molar-refractivity contribution in [2.24, 2.45) is 11.3 Å². The number of carboxylic acids is 1. The molecule has 0 spiro atoms. The van der Waals surface area contributed by atoms with Gasteiger partial charge in [-0.3, -0.25) is 0 Å². The first-order valence-electron chi connectivity index (χ1n) is 8.25. The number of carbonyl (C=O) groups excluding carboxylic acids is 1. The molecule has 0 aromatic heterocycles. The van der Waals surface area contributed by atoms with Gasteiger partial charge in [0, 0.05) is 13.1 Å². The smallest absolute Gasteiger partial charge is 0.326 e. The Morgan fingerprint density at radius 1 is 1.33 bits per heavy atom. The molecule has 1 aliphatic carbocycles. The fourth-order valence-electron chi connectivity index (χ4n) is 3.76. The summed E-state index contributed by atoms with van der Waals surface area (Å²) < 4.78 is 0. The van der Waals surface area contributed by atoms with Crippen molar-refractivity contribution in [1.29, 1.82) is 0 Å². The molecule has 2 aliphatic rings. The number of urea groups is 1. The summed E-state index contributed by atoms with van der Waals surface area (Å²) >= 11 is 0. The molecule has 1 aliphatic heterocycles. The van der Waals surface area contributed by atoms with Gasteiger partial charge in [0.25, 0.3) is 0 Å². The van der Waals surface area contributed by atoms with E-state index in [9.17, 15) is 14.7 Å². The molecule has 1 saturated carbocycles. The van der Waals surface area contributed by atoms with Gasteiger partial charge >= 0.3 is 12.0 Å². The average Bonchev–Trinajstić information content (AvgIpc) is 2.94. The Hall–Kier alpha value is -1.26. The van der Waals surface area contributed by atoms with Crippen molar-refractivity contribution in [3.05, 3.63) is 0 Å². The topological polar surface area (TPSA) is 69.6 Å². The second-order valence-corrected chi connectivity index (χ2v) is 6.90. The van der Waals surface area contributed by atoms with E-state index in [4.69, 9.17) is 0 Å². The van der Waals surface area contributed by atoms with E-state index < -0.39 is 12.0 Å². The van der Waals surface area contributed by atoms with Crippen molar-refractivity contribution >= 4 is 12.0 Å². The summed E-state index contributed by atoms with van der Waals surface area (Å²) in [6.45, 7) is 5.46. The van der Waals surface area contributed by atoms with Crippen molar-refractivity contribution < 1.29 is 14.7 Å². The molecule has 0 aromatic rings. The number of hydrogen-bond donors (Lipinski definition) is 2. The minimum Gasteiger partial charge on any atom is -0.480 e. The normalized spacial score (nSPS) is 28.4. The highest BCUT2D eigenvalue weighted by atomic mass is 16.4. The first-order chi connectivity index (χ1) is 9.97. The summed E-state index contributed by atoms with van der Waals surface area (Å²) in [4.78, 5) is 25.3. The van der Waals surface area contributed by atoms with Crippen LogP contribution in [0.3, 0.4) is 0 Å². The zero-order chi connectivity index (χ0) is 15.5. The number of rotatable bonds is 4. The van der Waals surface area contributed by atoms with Gasteiger partial charge in [-0.2, -0.15) is 0 Å². The van der Waals surface area contributed by atoms with E-state index in [1.54, 1.807) is 0 Å². The lowest BCUT2D eigenvalue weighted by atomic mass is 9.83. The summed E-state index contributed by atoms with van der Waals surface area (Å²) in [5, 5.41) is 12.3. The van der Waals surface area contributed by atoms with E-state index in [0.717, 1.165) is 12.8 Å². The lowest BCUT2D eigenvalue weighted by Gasteiger charge is -2.37. The van der Waals surface area contributed by atoms with Crippen LogP contribution in [0.1, 0.15) is 58.8 Å². The van der Waals surface area contributed by atoms with E-state index in [1.165, 1.54) is 30.6 Å². The largest absolute Gasteiger partial charge is 0.480 e. The summed E-state index contributed by atoms with van der Waals surface area (Å²) in [5.74, 6) is -0.519. The molecular weight excluding hydrogens is 268 g/mol. The highest BCUT2D eigenvalue weighted by Crippen LogP contribution is 2.40. The van der Waals surface area contributed by atoms with Gasteiger partial charge in [-0.25, -0.2) is 9.59 Å². The maximum Gasteiger partial charge on any atom is 0.326 e. The van der Waals surface area contributed by atoms with Crippen LogP contribution in [0.5, 0.6) is 0 Å². The van der Waals surface area contributed by atoms with Crippen LogP contribution in [-0.4, -0.2) is 41.1 Å². The van der Waals surface area contributed by atoms with Crippen molar-refractivity contribution in [3.8, 4) is 0 Å². The fourth-order valence-corrected chi connectivity index (χ4v) is 3.76. The van der Waals surface area contributed by atoms with Gasteiger partial charge < -0.3 is 15.3 Å². The summed E-state index contributed by atoms with van der Waals surface area (Å²) in [6.07, 6.45) is 7.34. The molecule has 2 N–H and O–H groups in total. The maximum absolute atomic E-state index is 12.4. The number of nitrogens with zero attached hydrogens (tertiary/aromatic N) is 1. The summed E-state index contributed by atoms with van der Waals surface area (Å²) in [5.41, 5.74) is 0.234. The predicted octanol–water partition coefficient (Wildman–Crippen LogP) is 2.85. The third-order valence-electron chi connectivity index (χ3n) is 5.44. The number of amides is 2. The zero-order valence-electron chi connectivity index (χ0n) is 13.2. The molecule has 1 heterocycles. The standard InChI is InChI=1S/C16H28N2O3/c1-3-16(7-4-5-8-16)11-17-15(21)18-9-6-12(2)10-13(18)14(19)20/h12-13H,3-11H2,1-2H3,(H,17,21)(H,19,20). The number of carbonyl (C=O) groups is 2. The number of likely N-dealkylation sites (tertiary alicyclic amines) is 1. The van der Waals surface area contributed by atoms with Crippen LogP contribution in [0, 0.1) is 11.3 Å². The minimum atomic E-state index is -0.886. The molecule has 1 saturated heterocycles. The van der Waals surface area contributed by atoms with Gasteiger partial charge in [0.2, 0.25) is 0 Å². The van der Waals surface area contributed by atoms with E-state index in [1.807, 2.05) is 0 Å². The van der Waals surface area contributed by atoms with Gasteiger partial charge in [-0.05, 0) is 43.4 Å². The lowest BCUT2D eigenvalue weighted by molar-refractivity contribution is -0.143. The molecule has 120 valence electrons. The highest BCUT2D eigenvalue weighted by molar-refractivity contribution is 5.82. The molecule has 5 heteroatoms. The molecule has 2 fully saturated rings. The van der Waals surface area contributed by atoms with Crippen molar-refractivity contribution in [2.45, 2.75) is 64.8 Å². The van der Waals surface area contributed by atoms with Crippen LogP contribution in [0.2, 0.25) is 0 Å². The molecule has 2 unspecified atom stereocenters. The Labute approximate surface area is 127 Å². The summed E-state index contributed by atoms with van der Waals surface area (Å²) in [7, 11) is 0. The van der Waals surface area contributed by atoms with E-state index in [2.05, 4.69) is 19.2 Å². The zero-order valence-corrected chi connectivity index (χ0v) is 13.2. The molecule has 2 atom stereocenters. The monoisotopic (exact) mass is 296 g/mol. The first kappa shape index (κ1) is 16.1. The van der Waals surface area contributed by atoms with E-state index in [-0.39, 0.29) is 11.4 Å². The predicted molar refractivity (Wildman–Crippen MR) is 81.1 cm³/mol. The molecule has 2 rings (SSSR count). The molecule has 5 nitrogen and oxygen atoms in total. The van der Waals surface area contributed by atoms with E-state index >= 15 is 0 Å². The number of nitrogens with one attached hydrogen (secondary N) is 1. The van der Waals surface area contributed by atoms with Gasteiger partial charge in [0.05, 0.1) is 0 Å². The average molecular weight is 296 g/mol. The molecule has 2 amide bonds. The lowest BCUT2D eigenvalue weighted by Crippen LogP contribution is -2.54. The van der Waals surface area contributed by atoms with Crippen LogP contribution >= 0.6 is 0 Å². The van der Waals surface area contributed by atoms with Gasteiger partial charge in [0.15, 0.2) is 0 Å². The van der Waals surface area contributed by atoms with Crippen LogP contribution in [0.4, 0.5) is 4.79 Å². The quantitative estimate of drug-likeness (QED) is 0.838. The van der Waals surface area contributed by atoms with Crippen LogP contribution in [-0.2, 0) is 4.79 Å². The Bertz CT molecular complexity index is 391. The third kappa shape index (κ3) is 3.69. The van der Waals surface area contributed by atoms with Crippen molar-refractivity contribution in [3.63, 3.8) is 0 Å². The first-order valence-corrected chi connectivity index (χ1v) is 8.25. The Kier molecular flexibility index (Phi) is 5.12. The molecule has 0 radical (unpaired) electrons. The van der Waals surface area contributed by atoms with Crippen LogP contribution in [0.15, 0.2) is 0 Å². The number of piperidine rings is 1. The minimum absolute atomic E-state index is 0.200.